The summed E-state index contributed by atoms with van der Waals surface area (Å²) in [7, 11) is 0. The van der Waals surface area contributed by atoms with E-state index in [-0.39, 0.29) is 0 Å². The molecule has 0 saturated heterocycles. The molecule has 0 heterocycles. The third kappa shape index (κ3) is 1.93. The topological polar surface area (TPSA) is 0 Å². The van der Waals surface area contributed by atoms with Crippen LogP contribution < -0.4 is 0 Å². The Morgan fingerprint density at radius 1 is 0.938 bits per heavy atom. The first kappa shape index (κ1) is 14.1. The Balaban J connectivity index is 3.21. The zero-order chi connectivity index (χ0) is 12.9. The molecule has 0 spiro atoms. The lowest BCUT2D eigenvalue weighted by Crippen LogP contribution is -2.45. The van der Waals surface area contributed by atoms with Crippen LogP contribution in [0.2, 0.25) is 0 Å². The van der Waals surface area contributed by atoms with Crippen molar-refractivity contribution in [1.29, 1.82) is 0 Å². The van der Waals surface area contributed by atoms with Crippen LogP contribution in [0.5, 0.6) is 0 Å². The van der Waals surface area contributed by atoms with Crippen molar-refractivity contribution in [3.63, 3.8) is 0 Å². The molecule has 1 fully saturated rings. The van der Waals surface area contributed by atoms with Gasteiger partial charge < -0.3 is 0 Å². The van der Waals surface area contributed by atoms with E-state index in [9.17, 15) is 0 Å². The maximum atomic E-state index is 2.54. The summed E-state index contributed by atoms with van der Waals surface area (Å²) in [4.78, 5) is 0. The molecule has 0 radical (unpaired) electrons. The van der Waals surface area contributed by atoms with Gasteiger partial charge in [-0.2, -0.15) is 0 Å². The van der Waals surface area contributed by atoms with Crippen molar-refractivity contribution in [1.82, 2.24) is 0 Å². The van der Waals surface area contributed by atoms with Gasteiger partial charge in [0.25, 0.3) is 0 Å². The Bertz CT molecular complexity index is 250. The molecule has 0 N–H and O–H groups in total. The zero-order valence-electron chi connectivity index (χ0n) is 12.9. The molecule has 0 aromatic rings. The van der Waals surface area contributed by atoms with Gasteiger partial charge in [-0.3, -0.25) is 0 Å². The van der Waals surface area contributed by atoms with Gasteiger partial charge >= 0.3 is 0 Å². The van der Waals surface area contributed by atoms with Gasteiger partial charge in [-0.1, -0.05) is 62.3 Å². The van der Waals surface area contributed by atoms with Crippen LogP contribution in [0.1, 0.15) is 68.7 Å². The first-order chi connectivity index (χ1) is 6.92. The van der Waals surface area contributed by atoms with E-state index in [1.807, 2.05) is 0 Å². The fourth-order valence-electron chi connectivity index (χ4n) is 4.19. The Hall–Kier alpha value is 0. The number of rotatable bonds is 0. The van der Waals surface area contributed by atoms with E-state index in [1.165, 1.54) is 6.42 Å². The SMILES string of the molecule is CC1CC(C(C)(C)C)C(C)(C(C)(C)C)C1C. The highest BCUT2D eigenvalue weighted by atomic mass is 14.6. The van der Waals surface area contributed by atoms with Crippen LogP contribution in [-0.2, 0) is 0 Å². The van der Waals surface area contributed by atoms with E-state index in [0.717, 1.165) is 17.8 Å². The van der Waals surface area contributed by atoms with Crippen LogP contribution in [-0.4, -0.2) is 0 Å². The summed E-state index contributed by atoms with van der Waals surface area (Å²) in [6.45, 7) is 22.0. The van der Waals surface area contributed by atoms with Crippen molar-refractivity contribution in [3.05, 3.63) is 0 Å². The second kappa shape index (κ2) is 3.75. The minimum atomic E-state index is 0.398. The summed E-state index contributed by atoms with van der Waals surface area (Å²) in [6, 6.07) is 0. The van der Waals surface area contributed by atoms with Gasteiger partial charge in [-0.15, -0.1) is 0 Å². The number of hydrogen-bond acceptors (Lipinski definition) is 0. The smallest absolute Gasteiger partial charge is 0.0216 e. The molecule has 0 heteroatoms. The monoisotopic (exact) mass is 224 g/mol. The van der Waals surface area contributed by atoms with Gasteiger partial charge in [0, 0.05) is 0 Å². The summed E-state index contributed by atoms with van der Waals surface area (Å²) in [5, 5.41) is 0. The summed E-state index contributed by atoms with van der Waals surface area (Å²) < 4.78 is 0. The molecule has 0 bridgehead atoms. The normalized spacial score (nSPS) is 41.4. The van der Waals surface area contributed by atoms with E-state index in [1.54, 1.807) is 0 Å². The molecule has 1 saturated carbocycles. The van der Waals surface area contributed by atoms with Crippen molar-refractivity contribution >= 4 is 0 Å². The molecule has 0 amide bonds. The minimum absolute atomic E-state index is 0.398. The summed E-state index contributed by atoms with van der Waals surface area (Å²) in [5.74, 6) is 2.54. The molecule has 4 atom stereocenters. The Labute approximate surface area is 103 Å². The Morgan fingerprint density at radius 2 is 1.38 bits per heavy atom. The lowest BCUT2D eigenvalue weighted by molar-refractivity contribution is -0.0297. The van der Waals surface area contributed by atoms with E-state index >= 15 is 0 Å². The molecular formula is C16H32. The number of hydrogen-bond donors (Lipinski definition) is 0. The third-order valence-electron chi connectivity index (χ3n) is 5.79. The van der Waals surface area contributed by atoms with Gasteiger partial charge in [0.1, 0.15) is 0 Å². The van der Waals surface area contributed by atoms with Crippen molar-refractivity contribution in [2.75, 3.05) is 0 Å². The molecule has 0 nitrogen and oxygen atoms in total. The third-order valence-corrected chi connectivity index (χ3v) is 5.79. The van der Waals surface area contributed by atoms with Crippen molar-refractivity contribution in [3.8, 4) is 0 Å². The fraction of sp³-hybridized carbons (Fsp3) is 1.00. The molecule has 4 unspecified atom stereocenters. The fourth-order valence-corrected chi connectivity index (χ4v) is 4.19. The first-order valence-corrected chi connectivity index (χ1v) is 6.92. The highest BCUT2D eigenvalue weighted by Gasteiger charge is 2.57. The Kier molecular flexibility index (Phi) is 3.30. The van der Waals surface area contributed by atoms with Gasteiger partial charge in [0.2, 0.25) is 0 Å². The van der Waals surface area contributed by atoms with Crippen LogP contribution >= 0.6 is 0 Å². The molecule has 1 aliphatic carbocycles. The van der Waals surface area contributed by atoms with Crippen molar-refractivity contribution in [2.45, 2.75) is 68.7 Å². The summed E-state index contributed by atoms with van der Waals surface area (Å²) >= 11 is 0. The molecule has 0 aliphatic heterocycles. The molecule has 0 aromatic carbocycles. The predicted octanol–water partition coefficient (Wildman–Crippen LogP) is 5.38. The molecule has 1 rings (SSSR count). The van der Waals surface area contributed by atoms with Crippen LogP contribution in [0.25, 0.3) is 0 Å². The molecule has 96 valence electrons. The van der Waals surface area contributed by atoms with E-state index in [2.05, 4.69) is 62.3 Å². The molecule has 0 aromatic heterocycles. The highest BCUT2D eigenvalue weighted by molar-refractivity contribution is 5.05. The predicted molar refractivity (Wildman–Crippen MR) is 73.5 cm³/mol. The maximum absolute atomic E-state index is 2.54. The molecule has 16 heavy (non-hydrogen) atoms. The quantitative estimate of drug-likeness (QED) is 0.518. The van der Waals surface area contributed by atoms with Crippen molar-refractivity contribution in [2.24, 2.45) is 34.0 Å². The lowest BCUT2D eigenvalue weighted by Gasteiger charge is -2.51. The van der Waals surface area contributed by atoms with E-state index < -0.39 is 0 Å². The highest BCUT2D eigenvalue weighted by Crippen LogP contribution is 2.63. The van der Waals surface area contributed by atoms with Gasteiger partial charge in [-0.25, -0.2) is 0 Å². The Morgan fingerprint density at radius 3 is 1.62 bits per heavy atom. The average Bonchev–Trinajstić information content (AvgIpc) is 2.28. The van der Waals surface area contributed by atoms with Crippen LogP contribution in [0.3, 0.4) is 0 Å². The maximum Gasteiger partial charge on any atom is -0.0216 e. The zero-order valence-corrected chi connectivity index (χ0v) is 12.9. The minimum Gasteiger partial charge on any atom is -0.0622 e. The van der Waals surface area contributed by atoms with Gasteiger partial charge in [0.05, 0.1) is 0 Å². The van der Waals surface area contributed by atoms with Crippen LogP contribution in [0, 0.1) is 34.0 Å². The first-order valence-electron chi connectivity index (χ1n) is 6.92. The molecular weight excluding hydrogens is 192 g/mol. The second-order valence-corrected chi connectivity index (χ2v) is 8.45. The average molecular weight is 224 g/mol. The largest absolute Gasteiger partial charge is 0.0622 e. The van der Waals surface area contributed by atoms with E-state index in [4.69, 9.17) is 0 Å². The molecule has 1 aliphatic rings. The lowest BCUT2D eigenvalue weighted by atomic mass is 9.53. The summed E-state index contributed by atoms with van der Waals surface area (Å²) in [5.41, 5.74) is 1.29. The van der Waals surface area contributed by atoms with Crippen LogP contribution in [0.15, 0.2) is 0 Å². The van der Waals surface area contributed by atoms with Crippen molar-refractivity contribution < 1.29 is 0 Å². The van der Waals surface area contributed by atoms with E-state index in [0.29, 0.717) is 16.2 Å². The van der Waals surface area contributed by atoms with Gasteiger partial charge in [-0.05, 0) is 40.4 Å². The van der Waals surface area contributed by atoms with Gasteiger partial charge in [0.15, 0.2) is 0 Å². The standard InChI is InChI=1S/C16H32/c1-11-10-13(14(3,4)5)16(9,12(11)2)15(6,7)8/h11-13H,10H2,1-9H3. The van der Waals surface area contributed by atoms with Crippen LogP contribution in [0.4, 0.5) is 0 Å². The summed E-state index contributed by atoms with van der Waals surface area (Å²) in [6.07, 6.45) is 1.40. The second-order valence-electron chi connectivity index (χ2n) is 8.45.